The van der Waals surface area contributed by atoms with Gasteiger partial charge in [-0.1, -0.05) is 32.1 Å². The maximum Gasteiger partial charge on any atom is 0.308 e. The van der Waals surface area contributed by atoms with Crippen LogP contribution < -0.4 is 4.72 Å². The number of thiophene rings is 1. The first-order chi connectivity index (χ1) is 10.5. The van der Waals surface area contributed by atoms with Crippen LogP contribution in [-0.4, -0.2) is 26.0 Å². The van der Waals surface area contributed by atoms with E-state index < -0.39 is 16.0 Å². The molecule has 0 spiro atoms. The number of hydrogen-bond donors (Lipinski definition) is 2. The Morgan fingerprint density at radius 3 is 2.45 bits per heavy atom. The van der Waals surface area contributed by atoms with Gasteiger partial charge in [0.2, 0.25) is 10.0 Å². The Bertz CT molecular complexity index is 586. The first-order valence-electron chi connectivity index (χ1n) is 7.77. The van der Waals surface area contributed by atoms with Gasteiger partial charge in [-0.25, -0.2) is 13.1 Å². The molecule has 0 aromatic carbocycles. The molecule has 1 aliphatic rings. The molecule has 5 nitrogen and oxygen atoms in total. The van der Waals surface area contributed by atoms with Crippen molar-refractivity contribution in [2.45, 2.75) is 55.6 Å². The zero-order valence-electron chi connectivity index (χ0n) is 12.6. The minimum absolute atomic E-state index is 0.136. The first kappa shape index (κ1) is 17.4. The van der Waals surface area contributed by atoms with E-state index in [1.807, 2.05) is 0 Å². The largest absolute Gasteiger partial charge is 0.481 e. The van der Waals surface area contributed by atoms with Gasteiger partial charge >= 0.3 is 5.97 Å². The maximum atomic E-state index is 12.3. The molecule has 2 N–H and O–H groups in total. The third-order valence-electron chi connectivity index (χ3n) is 4.01. The molecule has 0 unspecified atom stereocenters. The molecule has 22 heavy (non-hydrogen) atoms. The number of rotatable bonds is 6. The summed E-state index contributed by atoms with van der Waals surface area (Å²) >= 11 is 1.03. The van der Waals surface area contributed by atoms with E-state index in [2.05, 4.69) is 4.72 Å². The molecule has 7 heteroatoms. The Hall–Kier alpha value is -0.920. The summed E-state index contributed by atoms with van der Waals surface area (Å²) in [4.78, 5) is 11.2. The molecule has 1 heterocycles. The van der Waals surface area contributed by atoms with Gasteiger partial charge in [-0.3, -0.25) is 4.79 Å². The summed E-state index contributed by atoms with van der Waals surface area (Å²) < 4.78 is 27.5. The summed E-state index contributed by atoms with van der Waals surface area (Å²) in [7, 11) is -3.52. The quantitative estimate of drug-likeness (QED) is 0.830. The van der Waals surface area contributed by atoms with Gasteiger partial charge in [-0.2, -0.15) is 0 Å². The molecule has 1 aromatic rings. The topological polar surface area (TPSA) is 83.5 Å². The summed E-state index contributed by atoms with van der Waals surface area (Å²) in [6.07, 6.45) is 8.15. The van der Waals surface area contributed by atoms with E-state index in [1.165, 1.54) is 38.2 Å². The number of hydrogen-bond acceptors (Lipinski definition) is 4. The Morgan fingerprint density at radius 2 is 1.82 bits per heavy atom. The van der Waals surface area contributed by atoms with Gasteiger partial charge in [0, 0.05) is 11.4 Å². The average Bonchev–Trinajstić information content (AvgIpc) is 2.86. The molecule has 0 aliphatic heterocycles. The summed E-state index contributed by atoms with van der Waals surface area (Å²) in [5.74, 6) is -0.540. The lowest BCUT2D eigenvalue weighted by atomic mass is 9.91. The Balaban J connectivity index is 1.92. The second-order valence-corrected chi connectivity index (χ2v) is 9.02. The van der Waals surface area contributed by atoms with Gasteiger partial charge < -0.3 is 5.11 Å². The van der Waals surface area contributed by atoms with E-state index in [0.29, 0.717) is 17.3 Å². The summed E-state index contributed by atoms with van der Waals surface area (Å²) in [5.41, 5.74) is 0. The highest BCUT2D eigenvalue weighted by Crippen LogP contribution is 2.24. The second kappa shape index (κ2) is 8.08. The van der Waals surface area contributed by atoms with Crippen LogP contribution in [0.3, 0.4) is 0 Å². The second-order valence-electron chi connectivity index (χ2n) is 5.85. The standard InChI is InChI=1S/C15H23NO4S2/c17-14(18)10-13-8-9-15(21-13)22(19,20)16-11-12-6-4-2-1-3-5-7-12/h8-9,12,16H,1-7,10-11H2,(H,17,18). The maximum absolute atomic E-state index is 12.3. The lowest BCUT2D eigenvalue weighted by Crippen LogP contribution is -2.29. The molecular weight excluding hydrogens is 322 g/mol. The van der Waals surface area contributed by atoms with Crippen LogP contribution in [0.2, 0.25) is 0 Å². The van der Waals surface area contributed by atoms with Gasteiger partial charge in [-0.15, -0.1) is 11.3 Å². The van der Waals surface area contributed by atoms with Crippen LogP contribution in [-0.2, 0) is 21.2 Å². The minimum Gasteiger partial charge on any atom is -0.481 e. The van der Waals surface area contributed by atoms with Crippen molar-refractivity contribution in [2.24, 2.45) is 5.92 Å². The molecule has 1 aromatic heterocycles. The molecule has 1 fully saturated rings. The number of carbonyl (C=O) groups is 1. The van der Waals surface area contributed by atoms with E-state index in [4.69, 9.17) is 5.11 Å². The number of carboxylic acid groups (broad SMARTS) is 1. The lowest BCUT2D eigenvalue weighted by molar-refractivity contribution is -0.136. The smallest absolute Gasteiger partial charge is 0.308 e. The fourth-order valence-electron chi connectivity index (χ4n) is 2.79. The summed E-state index contributed by atoms with van der Waals surface area (Å²) in [6.45, 7) is 0.481. The number of sulfonamides is 1. The number of nitrogens with one attached hydrogen (secondary N) is 1. The normalized spacial score (nSPS) is 17.8. The van der Waals surface area contributed by atoms with Gasteiger partial charge in [0.15, 0.2) is 0 Å². The predicted octanol–water partition coefficient (Wildman–Crippen LogP) is 3.01. The SMILES string of the molecule is O=C(O)Cc1ccc(S(=O)(=O)NCC2CCCCCCC2)s1. The number of aliphatic carboxylic acids is 1. The zero-order valence-corrected chi connectivity index (χ0v) is 14.2. The van der Waals surface area contributed by atoms with Gasteiger partial charge in [0.25, 0.3) is 0 Å². The van der Waals surface area contributed by atoms with E-state index in [9.17, 15) is 13.2 Å². The highest BCUT2D eigenvalue weighted by molar-refractivity contribution is 7.91. The molecule has 0 bridgehead atoms. The van der Waals surface area contributed by atoms with Crippen molar-refractivity contribution in [3.8, 4) is 0 Å². The van der Waals surface area contributed by atoms with Crippen molar-refractivity contribution in [1.82, 2.24) is 4.72 Å². The summed E-state index contributed by atoms with van der Waals surface area (Å²) in [6, 6.07) is 3.06. The Labute approximate surface area is 135 Å². The molecule has 1 aliphatic carbocycles. The highest BCUT2D eigenvalue weighted by atomic mass is 32.2. The van der Waals surface area contributed by atoms with Crippen molar-refractivity contribution in [1.29, 1.82) is 0 Å². The molecular formula is C15H23NO4S2. The van der Waals surface area contributed by atoms with E-state index in [-0.39, 0.29) is 10.6 Å². The van der Waals surface area contributed by atoms with Crippen LogP contribution in [0, 0.1) is 5.92 Å². The van der Waals surface area contributed by atoms with Crippen LogP contribution in [0.15, 0.2) is 16.3 Å². The van der Waals surface area contributed by atoms with Gasteiger partial charge in [0.1, 0.15) is 4.21 Å². The average molecular weight is 345 g/mol. The molecule has 1 saturated carbocycles. The van der Waals surface area contributed by atoms with Crippen LogP contribution in [0.4, 0.5) is 0 Å². The molecule has 124 valence electrons. The first-order valence-corrected chi connectivity index (χ1v) is 10.1. The highest BCUT2D eigenvalue weighted by Gasteiger charge is 2.20. The van der Waals surface area contributed by atoms with Gasteiger partial charge in [0.05, 0.1) is 6.42 Å². The molecule has 0 atom stereocenters. The summed E-state index contributed by atoms with van der Waals surface area (Å²) in [5, 5.41) is 8.74. The van der Waals surface area contributed by atoms with E-state index >= 15 is 0 Å². The van der Waals surface area contributed by atoms with Crippen molar-refractivity contribution in [3.63, 3.8) is 0 Å². The van der Waals surface area contributed by atoms with Crippen LogP contribution in [0.25, 0.3) is 0 Å². The Morgan fingerprint density at radius 1 is 1.18 bits per heavy atom. The van der Waals surface area contributed by atoms with Crippen molar-refractivity contribution < 1.29 is 18.3 Å². The van der Waals surface area contributed by atoms with Crippen molar-refractivity contribution in [2.75, 3.05) is 6.54 Å². The van der Waals surface area contributed by atoms with Crippen molar-refractivity contribution >= 4 is 27.3 Å². The fourth-order valence-corrected chi connectivity index (χ4v) is 5.30. The van der Waals surface area contributed by atoms with Crippen LogP contribution in [0.1, 0.15) is 49.8 Å². The van der Waals surface area contributed by atoms with E-state index in [0.717, 1.165) is 24.2 Å². The lowest BCUT2D eigenvalue weighted by Gasteiger charge is -2.19. The Kier molecular flexibility index (Phi) is 6.40. The number of carboxylic acids is 1. The minimum atomic E-state index is -3.52. The molecule has 2 rings (SSSR count). The fraction of sp³-hybridized carbons (Fsp3) is 0.667. The molecule has 0 saturated heterocycles. The zero-order chi connectivity index (χ0) is 16.0. The third-order valence-corrected chi connectivity index (χ3v) is 7.01. The predicted molar refractivity (Wildman–Crippen MR) is 86.7 cm³/mol. The molecule has 0 radical (unpaired) electrons. The monoisotopic (exact) mass is 345 g/mol. The van der Waals surface area contributed by atoms with Crippen LogP contribution in [0.5, 0.6) is 0 Å². The van der Waals surface area contributed by atoms with Crippen LogP contribution >= 0.6 is 11.3 Å². The third kappa shape index (κ3) is 5.37. The van der Waals surface area contributed by atoms with Crippen molar-refractivity contribution in [3.05, 3.63) is 17.0 Å². The van der Waals surface area contributed by atoms with E-state index in [1.54, 1.807) is 6.07 Å². The molecule has 0 amide bonds. The van der Waals surface area contributed by atoms with Gasteiger partial charge in [-0.05, 0) is 30.9 Å².